The van der Waals surface area contributed by atoms with Crippen molar-refractivity contribution in [3.63, 3.8) is 0 Å². The SMILES string of the molecule is CC1CCC(NC2CC2)(c2nc(C(C)C)cs2)C1. The number of hydrogen-bond donors (Lipinski definition) is 1. The average molecular weight is 264 g/mol. The van der Waals surface area contributed by atoms with E-state index in [1.54, 1.807) is 0 Å². The second-order valence-electron chi connectivity index (χ2n) is 6.58. The molecule has 2 atom stereocenters. The van der Waals surface area contributed by atoms with E-state index >= 15 is 0 Å². The molecule has 1 N–H and O–H groups in total. The smallest absolute Gasteiger partial charge is 0.113 e. The highest BCUT2D eigenvalue weighted by Crippen LogP contribution is 2.45. The van der Waals surface area contributed by atoms with E-state index in [1.807, 2.05) is 11.3 Å². The lowest BCUT2D eigenvalue weighted by Crippen LogP contribution is -2.41. The highest BCUT2D eigenvalue weighted by atomic mass is 32.1. The normalized spacial score (nSPS) is 32.3. The van der Waals surface area contributed by atoms with Gasteiger partial charge >= 0.3 is 0 Å². The maximum atomic E-state index is 4.94. The molecular weight excluding hydrogens is 240 g/mol. The van der Waals surface area contributed by atoms with Crippen molar-refractivity contribution in [2.24, 2.45) is 5.92 Å². The molecule has 3 rings (SSSR count). The van der Waals surface area contributed by atoms with Crippen molar-refractivity contribution in [1.29, 1.82) is 0 Å². The monoisotopic (exact) mass is 264 g/mol. The predicted molar refractivity (Wildman–Crippen MR) is 77.1 cm³/mol. The molecule has 0 amide bonds. The Hall–Kier alpha value is -0.410. The quantitative estimate of drug-likeness (QED) is 0.888. The lowest BCUT2D eigenvalue weighted by Gasteiger charge is -2.29. The Morgan fingerprint density at radius 2 is 2.17 bits per heavy atom. The number of nitrogens with zero attached hydrogens (tertiary/aromatic N) is 1. The first-order valence-electron chi connectivity index (χ1n) is 7.33. The fourth-order valence-electron chi connectivity index (χ4n) is 3.07. The molecule has 0 bridgehead atoms. The Morgan fingerprint density at radius 1 is 1.39 bits per heavy atom. The Bertz CT molecular complexity index is 422. The number of hydrogen-bond acceptors (Lipinski definition) is 3. The molecule has 2 aliphatic carbocycles. The molecule has 0 aliphatic heterocycles. The number of nitrogens with one attached hydrogen (secondary N) is 1. The van der Waals surface area contributed by atoms with Gasteiger partial charge in [0.05, 0.1) is 11.2 Å². The highest BCUT2D eigenvalue weighted by molar-refractivity contribution is 7.09. The molecular formula is C15H24N2S. The zero-order valence-electron chi connectivity index (χ0n) is 11.7. The van der Waals surface area contributed by atoms with Crippen molar-refractivity contribution in [3.8, 4) is 0 Å². The zero-order valence-corrected chi connectivity index (χ0v) is 12.5. The first kappa shape index (κ1) is 12.6. The number of thiazole rings is 1. The maximum Gasteiger partial charge on any atom is 0.113 e. The summed E-state index contributed by atoms with van der Waals surface area (Å²) in [5, 5.41) is 7.53. The van der Waals surface area contributed by atoms with E-state index in [4.69, 9.17) is 4.98 Å². The van der Waals surface area contributed by atoms with Gasteiger partial charge in [-0.05, 0) is 43.9 Å². The van der Waals surface area contributed by atoms with Gasteiger partial charge in [-0.2, -0.15) is 0 Å². The van der Waals surface area contributed by atoms with Gasteiger partial charge in [0.15, 0.2) is 0 Å². The molecule has 2 saturated carbocycles. The standard InChI is InChI=1S/C15H24N2S/c1-10(2)13-9-18-14(16-13)15(17-12-4-5-12)7-6-11(3)8-15/h9-12,17H,4-8H2,1-3H3. The van der Waals surface area contributed by atoms with Crippen LogP contribution in [0.15, 0.2) is 5.38 Å². The number of rotatable bonds is 4. The summed E-state index contributed by atoms with van der Waals surface area (Å²) in [4.78, 5) is 4.94. The third-order valence-corrected chi connectivity index (χ3v) is 5.41. The molecule has 0 saturated heterocycles. The zero-order chi connectivity index (χ0) is 12.8. The van der Waals surface area contributed by atoms with Gasteiger partial charge in [0.1, 0.15) is 5.01 Å². The molecule has 3 heteroatoms. The molecule has 2 nitrogen and oxygen atoms in total. The molecule has 0 aromatic carbocycles. The van der Waals surface area contributed by atoms with E-state index in [0.717, 1.165) is 12.0 Å². The van der Waals surface area contributed by atoms with Crippen LogP contribution in [0.3, 0.4) is 0 Å². The maximum absolute atomic E-state index is 4.94. The van der Waals surface area contributed by atoms with Gasteiger partial charge in [0.25, 0.3) is 0 Å². The van der Waals surface area contributed by atoms with Crippen LogP contribution >= 0.6 is 11.3 Å². The summed E-state index contributed by atoms with van der Waals surface area (Å²) < 4.78 is 0. The van der Waals surface area contributed by atoms with E-state index in [0.29, 0.717) is 5.92 Å². The van der Waals surface area contributed by atoms with E-state index in [2.05, 4.69) is 31.5 Å². The Morgan fingerprint density at radius 3 is 2.67 bits per heavy atom. The molecule has 2 unspecified atom stereocenters. The Labute approximate surface area is 114 Å². The first-order valence-corrected chi connectivity index (χ1v) is 8.20. The largest absolute Gasteiger partial charge is 0.303 e. The third kappa shape index (κ3) is 2.35. The fraction of sp³-hybridized carbons (Fsp3) is 0.800. The lowest BCUT2D eigenvalue weighted by atomic mass is 9.96. The molecule has 1 aromatic rings. The van der Waals surface area contributed by atoms with Crippen LogP contribution in [0.1, 0.15) is 69.5 Å². The average Bonchev–Trinajstić information content (AvgIpc) is 2.85. The van der Waals surface area contributed by atoms with Crippen LogP contribution < -0.4 is 5.32 Å². The number of aromatic nitrogens is 1. The minimum Gasteiger partial charge on any atom is -0.303 e. The van der Waals surface area contributed by atoms with Crippen molar-refractivity contribution in [2.45, 2.75) is 70.4 Å². The Kier molecular flexibility index (Phi) is 3.23. The summed E-state index contributed by atoms with van der Waals surface area (Å²) >= 11 is 1.87. The molecule has 1 heterocycles. The van der Waals surface area contributed by atoms with Gasteiger partial charge in [0.2, 0.25) is 0 Å². The summed E-state index contributed by atoms with van der Waals surface area (Å²) in [6, 6.07) is 0.765. The summed E-state index contributed by atoms with van der Waals surface area (Å²) in [5.74, 6) is 1.38. The highest BCUT2D eigenvalue weighted by Gasteiger charge is 2.44. The van der Waals surface area contributed by atoms with Crippen LogP contribution in [-0.2, 0) is 5.54 Å². The van der Waals surface area contributed by atoms with Gasteiger partial charge in [-0.3, -0.25) is 0 Å². The fourth-order valence-corrected chi connectivity index (χ4v) is 4.25. The first-order chi connectivity index (χ1) is 8.59. The van der Waals surface area contributed by atoms with E-state index in [1.165, 1.54) is 42.8 Å². The minimum atomic E-state index is 0.207. The third-order valence-electron chi connectivity index (χ3n) is 4.34. The molecule has 2 fully saturated rings. The van der Waals surface area contributed by atoms with Crippen LogP contribution in [0.4, 0.5) is 0 Å². The van der Waals surface area contributed by atoms with Crippen LogP contribution in [0.25, 0.3) is 0 Å². The minimum absolute atomic E-state index is 0.207. The van der Waals surface area contributed by atoms with Crippen molar-refractivity contribution in [1.82, 2.24) is 10.3 Å². The van der Waals surface area contributed by atoms with Crippen LogP contribution in [-0.4, -0.2) is 11.0 Å². The second kappa shape index (κ2) is 4.61. The van der Waals surface area contributed by atoms with Crippen LogP contribution in [0, 0.1) is 5.92 Å². The van der Waals surface area contributed by atoms with E-state index in [-0.39, 0.29) is 5.54 Å². The molecule has 0 radical (unpaired) electrons. The molecule has 1 aromatic heterocycles. The summed E-state index contributed by atoms with van der Waals surface area (Å²) in [7, 11) is 0. The summed E-state index contributed by atoms with van der Waals surface area (Å²) in [6.07, 6.45) is 6.61. The summed E-state index contributed by atoms with van der Waals surface area (Å²) in [5.41, 5.74) is 1.48. The van der Waals surface area contributed by atoms with Crippen molar-refractivity contribution in [3.05, 3.63) is 16.1 Å². The van der Waals surface area contributed by atoms with Gasteiger partial charge in [0, 0.05) is 11.4 Å². The lowest BCUT2D eigenvalue weighted by molar-refractivity contribution is 0.325. The van der Waals surface area contributed by atoms with Crippen LogP contribution in [0.5, 0.6) is 0 Å². The topological polar surface area (TPSA) is 24.9 Å². The van der Waals surface area contributed by atoms with Gasteiger partial charge in [-0.1, -0.05) is 20.8 Å². The van der Waals surface area contributed by atoms with Crippen LogP contribution in [0.2, 0.25) is 0 Å². The summed E-state index contributed by atoms with van der Waals surface area (Å²) in [6.45, 7) is 6.85. The van der Waals surface area contributed by atoms with Crippen molar-refractivity contribution >= 4 is 11.3 Å². The van der Waals surface area contributed by atoms with Gasteiger partial charge in [-0.25, -0.2) is 4.98 Å². The molecule has 100 valence electrons. The second-order valence-corrected chi connectivity index (χ2v) is 7.44. The predicted octanol–water partition coefficient (Wildman–Crippen LogP) is 4.03. The van der Waals surface area contributed by atoms with Crippen molar-refractivity contribution in [2.75, 3.05) is 0 Å². The van der Waals surface area contributed by atoms with E-state index in [9.17, 15) is 0 Å². The van der Waals surface area contributed by atoms with E-state index < -0.39 is 0 Å². The Balaban J connectivity index is 1.87. The van der Waals surface area contributed by atoms with Gasteiger partial charge < -0.3 is 5.32 Å². The molecule has 18 heavy (non-hydrogen) atoms. The molecule has 0 spiro atoms. The van der Waals surface area contributed by atoms with Crippen molar-refractivity contribution < 1.29 is 0 Å². The van der Waals surface area contributed by atoms with Gasteiger partial charge in [-0.15, -0.1) is 11.3 Å². The molecule has 2 aliphatic rings.